The zero-order chi connectivity index (χ0) is 21.7. The van der Waals surface area contributed by atoms with Crippen molar-refractivity contribution in [1.82, 2.24) is 5.06 Å². The molecule has 0 spiro atoms. The van der Waals surface area contributed by atoms with Crippen LogP contribution in [0.1, 0.15) is 16.9 Å². The third kappa shape index (κ3) is 4.66. The highest BCUT2D eigenvalue weighted by atomic mass is 35.5. The Labute approximate surface area is 187 Å². The minimum absolute atomic E-state index is 0.234. The Morgan fingerprint density at radius 1 is 0.710 bits per heavy atom. The summed E-state index contributed by atoms with van der Waals surface area (Å²) in [7, 11) is -3.33. The topological polar surface area (TPSA) is 40.5 Å². The van der Waals surface area contributed by atoms with Crippen LogP contribution in [0.25, 0.3) is 0 Å². The number of hydrogen-bond acceptors (Lipinski definition) is 3. The SMILES string of the molecule is O=P(c1ccccc1)(c1ccccc1)C(c1ccc(Cl)cc1)N(O)Cc1ccccc1. The molecule has 0 amide bonds. The number of rotatable bonds is 7. The number of halogens is 1. The van der Waals surface area contributed by atoms with E-state index >= 15 is 0 Å². The number of nitrogens with zero attached hydrogens (tertiary/aromatic N) is 1. The van der Waals surface area contributed by atoms with Gasteiger partial charge in [0, 0.05) is 15.6 Å². The average Bonchev–Trinajstić information content (AvgIpc) is 2.82. The molecule has 0 aliphatic heterocycles. The monoisotopic (exact) mass is 447 g/mol. The molecule has 0 saturated carbocycles. The lowest BCUT2D eigenvalue weighted by atomic mass is 10.2. The Balaban J connectivity index is 1.90. The minimum atomic E-state index is -3.33. The van der Waals surface area contributed by atoms with Gasteiger partial charge >= 0.3 is 0 Å². The van der Waals surface area contributed by atoms with E-state index in [1.807, 2.05) is 103 Å². The van der Waals surface area contributed by atoms with Crippen molar-refractivity contribution in [3.05, 3.63) is 131 Å². The van der Waals surface area contributed by atoms with Crippen LogP contribution in [-0.2, 0) is 11.1 Å². The zero-order valence-corrected chi connectivity index (χ0v) is 18.5. The van der Waals surface area contributed by atoms with Gasteiger partial charge in [-0.25, -0.2) is 0 Å². The second-order valence-corrected chi connectivity index (χ2v) is 10.6. The first-order valence-corrected chi connectivity index (χ1v) is 12.2. The summed E-state index contributed by atoms with van der Waals surface area (Å²) in [6.07, 6.45) is 0. The molecule has 1 N–H and O–H groups in total. The van der Waals surface area contributed by atoms with Crippen LogP contribution < -0.4 is 10.6 Å². The summed E-state index contributed by atoms with van der Waals surface area (Å²) >= 11 is 6.13. The van der Waals surface area contributed by atoms with Crippen LogP contribution in [0.2, 0.25) is 5.02 Å². The number of hydroxylamine groups is 2. The Morgan fingerprint density at radius 2 is 1.16 bits per heavy atom. The Morgan fingerprint density at radius 3 is 1.65 bits per heavy atom. The molecule has 4 aromatic rings. The van der Waals surface area contributed by atoms with Crippen molar-refractivity contribution in [2.75, 3.05) is 0 Å². The summed E-state index contributed by atoms with van der Waals surface area (Å²) in [4.78, 5) is 0. The molecule has 5 heteroatoms. The van der Waals surface area contributed by atoms with Gasteiger partial charge in [-0.15, -0.1) is 0 Å². The van der Waals surface area contributed by atoms with Gasteiger partial charge in [0.05, 0.1) is 6.54 Å². The molecule has 4 rings (SSSR count). The first-order chi connectivity index (χ1) is 15.1. The maximum Gasteiger partial charge on any atom is 0.166 e. The lowest BCUT2D eigenvalue weighted by molar-refractivity contribution is -0.114. The number of hydrogen-bond donors (Lipinski definition) is 1. The average molecular weight is 448 g/mol. The second-order valence-electron chi connectivity index (χ2n) is 7.34. The highest BCUT2D eigenvalue weighted by Crippen LogP contribution is 2.58. The molecule has 0 saturated heterocycles. The maximum absolute atomic E-state index is 15.0. The van der Waals surface area contributed by atoms with E-state index < -0.39 is 12.9 Å². The van der Waals surface area contributed by atoms with Crippen LogP contribution in [0, 0.1) is 0 Å². The van der Waals surface area contributed by atoms with Gasteiger partial charge in [0.25, 0.3) is 0 Å². The van der Waals surface area contributed by atoms with Gasteiger partial charge in [-0.05, 0) is 23.3 Å². The quantitative estimate of drug-likeness (QED) is 0.269. The highest BCUT2D eigenvalue weighted by Gasteiger charge is 2.41. The van der Waals surface area contributed by atoms with Crippen LogP contribution in [0.5, 0.6) is 0 Å². The molecular formula is C26H23ClNO2P. The van der Waals surface area contributed by atoms with Gasteiger partial charge in [-0.1, -0.05) is 115 Å². The lowest BCUT2D eigenvalue weighted by Gasteiger charge is -2.34. The molecule has 4 aromatic carbocycles. The molecule has 31 heavy (non-hydrogen) atoms. The van der Waals surface area contributed by atoms with Crippen molar-refractivity contribution < 1.29 is 9.77 Å². The fraction of sp³-hybridized carbons (Fsp3) is 0.0769. The predicted octanol–water partition coefficient (Wildman–Crippen LogP) is 6.24. The van der Waals surface area contributed by atoms with Gasteiger partial charge in [0.2, 0.25) is 0 Å². The van der Waals surface area contributed by atoms with Gasteiger partial charge in [-0.3, -0.25) is 0 Å². The van der Waals surface area contributed by atoms with Crippen LogP contribution in [0.15, 0.2) is 115 Å². The van der Waals surface area contributed by atoms with Crippen molar-refractivity contribution in [3.8, 4) is 0 Å². The molecule has 0 aliphatic rings. The molecule has 0 aliphatic carbocycles. The molecule has 0 fully saturated rings. The van der Waals surface area contributed by atoms with E-state index in [1.165, 1.54) is 5.06 Å². The Hall–Kier alpha value is -2.68. The fourth-order valence-corrected chi connectivity index (χ4v) is 7.06. The van der Waals surface area contributed by atoms with E-state index in [0.717, 1.165) is 11.1 Å². The van der Waals surface area contributed by atoms with E-state index in [1.54, 1.807) is 12.1 Å². The van der Waals surface area contributed by atoms with Crippen LogP contribution in [0.4, 0.5) is 0 Å². The van der Waals surface area contributed by atoms with Crippen molar-refractivity contribution >= 4 is 29.4 Å². The maximum atomic E-state index is 15.0. The summed E-state index contributed by atoms with van der Waals surface area (Å²) in [6, 6.07) is 35.6. The number of benzene rings is 4. The molecule has 0 bridgehead atoms. The molecular weight excluding hydrogens is 425 g/mol. The third-order valence-corrected chi connectivity index (χ3v) is 8.90. The van der Waals surface area contributed by atoms with E-state index in [9.17, 15) is 9.77 Å². The first kappa shape index (κ1) is 21.5. The van der Waals surface area contributed by atoms with Crippen LogP contribution >= 0.6 is 18.7 Å². The smallest absolute Gasteiger partial charge is 0.166 e. The summed E-state index contributed by atoms with van der Waals surface area (Å²) in [6.45, 7) is 0.234. The molecule has 156 valence electrons. The van der Waals surface area contributed by atoms with Gasteiger partial charge in [0.1, 0.15) is 5.78 Å². The van der Waals surface area contributed by atoms with E-state index in [-0.39, 0.29) is 6.54 Å². The lowest BCUT2D eigenvalue weighted by Crippen LogP contribution is -2.32. The van der Waals surface area contributed by atoms with E-state index in [2.05, 4.69) is 0 Å². The highest BCUT2D eigenvalue weighted by molar-refractivity contribution is 7.78. The largest absolute Gasteiger partial charge is 0.313 e. The minimum Gasteiger partial charge on any atom is -0.313 e. The molecule has 0 aromatic heterocycles. The van der Waals surface area contributed by atoms with Crippen molar-refractivity contribution in [1.29, 1.82) is 0 Å². The molecule has 0 radical (unpaired) electrons. The molecule has 1 atom stereocenters. The van der Waals surface area contributed by atoms with Crippen LogP contribution in [-0.4, -0.2) is 10.3 Å². The summed E-state index contributed by atoms with van der Waals surface area (Å²) in [5.41, 5.74) is 1.66. The Kier molecular flexibility index (Phi) is 6.70. The standard InChI is InChI=1S/C26H23ClNO2P/c27-23-18-16-22(17-19-23)26(28(29)20-21-10-4-1-5-11-21)31(30,24-12-6-2-7-13-24)25-14-8-3-9-15-25/h1-19,26,29H,20H2. The van der Waals surface area contributed by atoms with Crippen molar-refractivity contribution in [2.45, 2.75) is 12.3 Å². The summed E-state index contributed by atoms with van der Waals surface area (Å²) < 4.78 is 15.0. The Bertz CT molecular complexity index is 1110. The van der Waals surface area contributed by atoms with Crippen molar-refractivity contribution in [2.24, 2.45) is 0 Å². The van der Waals surface area contributed by atoms with E-state index in [4.69, 9.17) is 11.6 Å². The van der Waals surface area contributed by atoms with Crippen molar-refractivity contribution in [3.63, 3.8) is 0 Å². The van der Waals surface area contributed by atoms with Gasteiger partial charge < -0.3 is 9.77 Å². The summed E-state index contributed by atoms with van der Waals surface area (Å²) in [5.74, 6) is -0.783. The second kappa shape index (κ2) is 9.64. The molecule has 0 heterocycles. The third-order valence-electron chi connectivity index (χ3n) is 5.26. The van der Waals surface area contributed by atoms with Gasteiger partial charge in [0.15, 0.2) is 7.14 Å². The first-order valence-electron chi connectivity index (χ1n) is 10.0. The summed E-state index contributed by atoms with van der Waals surface area (Å²) in [5, 5.41) is 14.5. The van der Waals surface area contributed by atoms with Gasteiger partial charge in [-0.2, -0.15) is 5.06 Å². The normalized spacial score (nSPS) is 12.6. The van der Waals surface area contributed by atoms with E-state index in [0.29, 0.717) is 15.6 Å². The molecule has 1 unspecified atom stereocenters. The zero-order valence-electron chi connectivity index (χ0n) is 16.9. The van der Waals surface area contributed by atoms with Crippen LogP contribution in [0.3, 0.4) is 0 Å². The fourth-order valence-electron chi connectivity index (χ4n) is 3.79. The molecule has 3 nitrogen and oxygen atoms in total. The predicted molar refractivity (Wildman–Crippen MR) is 128 cm³/mol.